The maximum absolute atomic E-state index is 12.8. The number of carbonyl (C=O) groups is 1. The number of morpholine rings is 1. The van der Waals surface area contributed by atoms with Gasteiger partial charge in [-0.3, -0.25) is 9.59 Å². The Balaban J connectivity index is 1.54. The van der Waals surface area contributed by atoms with Crippen LogP contribution in [0.25, 0.3) is 21.4 Å². The molecule has 2 aliphatic heterocycles. The topological polar surface area (TPSA) is 92.5 Å². The molecule has 172 valence electrons. The Morgan fingerprint density at radius 2 is 2.00 bits per heavy atom. The molecular formula is C24H24N2O6S. The van der Waals surface area contributed by atoms with Crippen LogP contribution in [0.4, 0.5) is 11.6 Å². The number of hydrogen-bond donors (Lipinski definition) is 1. The molecule has 5 rings (SSSR count). The first-order chi connectivity index (χ1) is 16.2. The average Bonchev–Trinajstić information content (AvgIpc) is 3.28. The molecule has 0 atom stereocenters. The number of aliphatic hydroxyl groups excluding tert-OH is 1. The molecule has 3 aromatic rings. The van der Waals surface area contributed by atoms with E-state index in [-0.39, 0.29) is 17.9 Å². The third kappa shape index (κ3) is 4.27. The second kappa shape index (κ2) is 9.38. The van der Waals surface area contributed by atoms with Gasteiger partial charge in [0, 0.05) is 36.7 Å². The van der Waals surface area contributed by atoms with Crippen molar-refractivity contribution >= 4 is 39.1 Å². The number of nitrogens with zero attached hydrogens (tertiary/aromatic N) is 2. The lowest BCUT2D eigenvalue weighted by molar-refractivity contribution is -0.114. The molecule has 0 radical (unpaired) electrons. The third-order valence-electron chi connectivity index (χ3n) is 5.71. The number of hydrogen-bond acceptors (Lipinski definition) is 8. The Hall–Kier alpha value is -3.14. The third-order valence-corrected chi connectivity index (χ3v) is 6.68. The summed E-state index contributed by atoms with van der Waals surface area (Å²) in [5.41, 5.74) is 2.79. The average molecular weight is 469 g/mol. The zero-order valence-corrected chi connectivity index (χ0v) is 18.8. The van der Waals surface area contributed by atoms with Gasteiger partial charge in [0.15, 0.2) is 11.5 Å². The van der Waals surface area contributed by atoms with Crippen molar-refractivity contribution in [1.82, 2.24) is 0 Å². The maximum atomic E-state index is 12.8. The van der Waals surface area contributed by atoms with E-state index >= 15 is 0 Å². The second-order valence-corrected chi connectivity index (χ2v) is 8.67. The lowest BCUT2D eigenvalue weighted by atomic mass is 10.1. The summed E-state index contributed by atoms with van der Waals surface area (Å²) in [5.74, 6) is 1.01. The molecule has 1 aromatic carbocycles. The first-order valence-electron chi connectivity index (χ1n) is 10.9. The zero-order valence-electron chi connectivity index (χ0n) is 18.0. The minimum absolute atomic E-state index is 0.00347. The number of ether oxygens (including phenoxy) is 2. The molecule has 9 heteroatoms. The molecule has 2 aromatic heterocycles. The minimum atomic E-state index is -0.165. The molecule has 0 unspecified atom stereocenters. The van der Waals surface area contributed by atoms with Crippen molar-refractivity contribution in [2.75, 3.05) is 55.9 Å². The minimum Gasteiger partial charge on any atom is -0.490 e. The summed E-state index contributed by atoms with van der Waals surface area (Å²) in [6.45, 7) is 3.37. The highest BCUT2D eigenvalue weighted by Gasteiger charge is 2.24. The van der Waals surface area contributed by atoms with Crippen LogP contribution in [0.1, 0.15) is 6.42 Å². The lowest BCUT2D eigenvalue weighted by Gasteiger charge is -2.29. The van der Waals surface area contributed by atoms with E-state index < -0.39 is 0 Å². The smallest absolute Gasteiger partial charge is 0.250 e. The van der Waals surface area contributed by atoms with E-state index in [2.05, 4.69) is 0 Å². The van der Waals surface area contributed by atoms with Gasteiger partial charge in [0.05, 0.1) is 25.4 Å². The predicted molar refractivity (Wildman–Crippen MR) is 128 cm³/mol. The van der Waals surface area contributed by atoms with Crippen molar-refractivity contribution in [3.05, 3.63) is 52.0 Å². The molecule has 0 spiro atoms. The van der Waals surface area contributed by atoms with Crippen LogP contribution in [0.5, 0.6) is 5.75 Å². The predicted octanol–water partition coefficient (Wildman–Crippen LogP) is 3.02. The molecule has 1 saturated heterocycles. The SMILES string of the molecule is O=C(/C=C/CCO)N1CCOc2ccc(-c3csc4c(=O)cc(N5CCOCC5)oc34)cc21. The van der Waals surface area contributed by atoms with E-state index in [0.717, 1.165) is 11.1 Å². The summed E-state index contributed by atoms with van der Waals surface area (Å²) in [4.78, 5) is 29.2. The van der Waals surface area contributed by atoms with E-state index in [9.17, 15) is 9.59 Å². The maximum Gasteiger partial charge on any atom is 0.250 e. The van der Waals surface area contributed by atoms with E-state index in [1.165, 1.54) is 17.4 Å². The van der Waals surface area contributed by atoms with Gasteiger partial charge in [0.2, 0.25) is 5.43 Å². The molecule has 33 heavy (non-hydrogen) atoms. The van der Waals surface area contributed by atoms with Crippen LogP contribution in [0.2, 0.25) is 0 Å². The van der Waals surface area contributed by atoms with Gasteiger partial charge in [-0.1, -0.05) is 12.1 Å². The van der Waals surface area contributed by atoms with E-state index in [0.29, 0.717) is 73.5 Å². The van der Waals surface area contributed by atoms with E-state index in [1.807, 2.05) is 28.5 Å². The molecule has 8 nitrogen and oxygen atoms in total. The first kappa shape index (κ1) is 21.7. The molecule has 1 N–H and O–H groups in total. The number of benzene rings is 1. The van der Waals surface area contributed by atoms with Gasteiger partial charge in [0.25, 0.3) is 5.91 Å². The van der Waals surface area contributed by atoms with Crippen LogP contribution in [-0.4, -0.2) is 57.1 Å². The van der Waals surface area contributed by atoms with Crippen LogP contribution in [0.15, 0.2) is 51.0 Å². The van der Waals surface area contributed by atoms with Crippen molar-refractivity contribution in [3.8, 4) is 16.9 Å². The fourth-order valence-corrected chi connectivity index (χ4v) is 4.94. The number of amides is 1. The van der Waals surface area contributed by atoms with Gasteiger partial charge in [-0.05, 0) is 30.2 Å². The Labute approximate surface area is 194 Å². The number of anilines is 2. The van der Waals surface area contributed by atoms with Crippen LogP contribution in [-0.2, 0) is 9.53 Å². The summed E-state index contributed by atoms with van der Waals surface area (Å²) in [5, 5.41) is 10.9. The Kier molecular flexibility index (Phi) is 6.17. The second-order valence-electron chi connectivity index (χ2n) is 7.79. The molecule has 4 heterocycles. The normalized spacial score (nSPS) is 16.3. The molecule has 1 fully saturated rings. The summed E-state index contributed by atoms with van der Waals surface area (Å²) in [7, 11) is 0. The quantitative estimate of drug-likeness (QED) is 0.576. The van der Waals surface area contributed by atoms with Crippen molar-refractivity contribution in [2.24, 2.45) is 0 Å². The number of rotatable bonds is 5. The summed E-state index contributed by atoms with van der Waals surface area (Å²) >= 11 is 1.35. The van der Waals surface area contributed by atoms with Crippen molar-refractivity contribution in [2.45, 2.75) is 6.42 Å². The van der Waals surface area contributed by atoms with Crippen LogP contribution in [0, 0.1) is 0 Å². The molecular weight excluding hydrogens is 444 g/mol. The largest absolute Gasteiger partial charge is 0.490 e. The first-order valence-corrected chi connectivity index (χ1v) is 11.8. The van der Waals surface area contributed by atoms with Gasteiger partial charge in [0.1, 0.15) is 17.1 Å². The highest BCUT2D eigenvalue weighted by molar-refractivity contribution is 7.17. The number of carbonyl (C=O) groups excluding carboxylic acids is 1. The van der Waals surface area contributed by atoms with Crippen molar-refractivity contribution < 1.29 is 23.8 Å². The van der Waals surface area contributed by atoms with Crippen molar-refractivity contribution in [3.63, 3.8) is 0 Å². The molecule has 0 bridgehead atoms. The van der Waals surface area contributed by atoms with Gasteiger partial charge >= 0.3 is 0 Å². The number of aliphatic hydroxyl groups is 1. The fourth-order valence-electron chi connectivity index (χ4n) is 4.03. The van der Waals surface area contributed by atoms with E-state index in [1.54, 1.807) is 17.0 Å². The Morgan fingerprint density at radius 1 is 1.15 bits per heavy atom. The summed E-state index contributed by atoms with van der Waals surface area (Å²) < 4.78 is 18.0. The Morgan fingerprint density at radius 3 is 2.82 bits per heavy atom. The molecule has 0 aliphatic carbocycles. The van der Waals surface area contributed by atoms with Gasteiger partial charge < -0.3 is 28.8 Å². The number of fused-ring (bicyclic) bond motifs is 2. The highest BCUT2D eigenvalue weighted by Crippen LogP contribution is 2.40. The van der Waals surface area contributed by atoms with Gasteiger partial charge in [-0.25, -0.2) is 0 Å². The monoisotopic (exact) mass is 468 g/mol. The summed E-state index contributed by atoms with van der Waals surface area (Å²) in [6, 6.07) is 7.20. The van der Waals surface area contributed by atoms with Crippen LogP contribution in [0.3, 0.4) is 0 Å². The highest BCUT2D eigenvalue weighted by atomic mass is 32.1. The fraction of sp³-hybridized carbons (Fsp3) is 0.333. The summed E-state index contributed by atoms with van der Waals surface area (Å²) in [6.07, 6.45) is 3.57. The zero-order chi connectivity index (χ0) is 22.8. The molecule has 1 amide bonds. The molecule has 2 aliphatic rings. The lowest BCUT2D eigenvalue weighted by Crippen LogP contribution is -2.36. The van der Waals surface area contributed by atoms with E-state index in [4.69, 9.17) is 19.0 Å². The van der Waals surface area contributed by atoms with Crippen LogP contribution < -0.4 is 20.0 Å². The van der Waals surface area contributed by atoms with Crippen molar-refractivity contribution in [1.29, 1.82) is 0 Å². The standard InChI is InChI=1S/C24H24N2O6S/c27-9-2-1-3-21(29)26-8-12-31-20-5-4-16(13-18(20)26)17-15-33-24-19(28)14-22(32-23(17)24)25-6-10-30-11-7-25/h1,3-5,13-15,27H,2,6-12H2/b3-1+. The molecule has 0 saturated carbocycles. The number of thiophene rings is 1. The Bertz CT molecular complexity index is 1260. The van der Waals surface area contributed by atoms with Crippen LogP contribution >= 0.6 is 11.3 Å². The van der Waals surface area contributed by atoms with Gasteiger partial charge in [-0.2, -0.15) is 0 Å². The van der Waals surface area contributed by atoms with Gasteiger partial charge in [-0.15, -0.1) is 11.3 Å².